The number of thiophene rings is 1. The predicted molar refractivity (Wildman–Crippen MR) is 68.7 cm³/mol. The largest absolute Gasteiger partial charge is 0.326 e. The Morgan fingerprint density at radius 1 is 1.40 bits per heavy atom. The molecule has 2 aromatic rings. The van der Waals surface area contributed by atoms with Gasteiger partial charge in [0.15, 0.2) is 0 Å². The van der Waals surface area contributed by atoms with Crippen LogP contribution in [0.25, 0.3) is 10.1 Å². The first kappa shape index (κ1) is 10.9. The summed E-state index contributed by atoms with van der Waals surface area (Å²) in [6.07, 6.45) is 2.23. The van der Waals surface area contributed by atoms with Crippen molar-refractivity contribution in [3.8, 4) is 0 Å². The van der Waals surface area contributed by atoms with Crippen molar-refractivity contribution in [3.63, 3.8) is 0 Å². The number of hydrogen-bond donors (Lipinski definition) is 1. The Hall–Kier alpha value is -0.570. The van der Waals surface area contributed by atoms with E-state index in [-0.39, 0.29) is 0 Å². The SMILES string of the molecule is CCCc1c(CN)sc2ccc(Cl)cc12. The highest BCUT2D eigenvalue weighted by Crippen LogP contribution is 2.33. The molecule has 0 spiro atoms. The predicted octanol–water partition coefficient (Wildman–Crippen LogP) is 3.97. The van der Waals surface area contributed by atoms with Crippen molar-refractivity contribution in [2.24, 2.45) is 5.73 Å². The Labute approximate surface area is 98.9 Å². The number of benzene rings is 1. The maximum atomic E-state index is 6.02. The topological polar surface area (TPSA) is 26.0 Å². The fourth-order valence-electron chi connectivity index (χ4n) is 1.86. The van der Waals surface area contributed by atoms with Gasteiger partial charge >= 0.3 is 0 Å². The molecular weight excluding hydrogens is 226 g/mol. The molecule has 0 saturated carbocycles. The van der Waals surface area contributed by atoms with E-state index in [1.54, 1.807) is 11.3 Å². The van der Waals surface area contributed by atoms with E-state index in [2.05, 4.69) is 19.1 Å². The average molecular weight is 240 g/mol. The Bertz CT molecular complexity index is 476. The fourth-order valence-corrected chi connectivity index (χ4v) is 3.14. The molecule has 15 heavy (non-hydrogen) atoms. The van der Waals surface area contributed by atoms with Crippen LogP contribution < -0.4 is 5.73 Å². The van der Waals surface area contributed by atoms with E-state index >= 15 is 0 Å². The molecule has 0 radical (unpaired) electrons. The molecule has 1 aromatic carbocycles. The van der Waals surface area contributed by atoms with Crippen molar-refractivity contribution in [2.75, 3.05) is 0 Å². The van der Waals surface area contributed by atoms with Crippen molar-refractivity contribution in [1.82, 2.24) is 0 Å². The number of halogens is 1. The van der Waals surface area contributed by atoms with Gasteiger partial charge in [0.1, 0.15) is 0 Å². The first-order chi connectivity index (χ1) is 7.26. The number of aryl methyl sites for hydroxylation is 1. The third-order valence-electron chi connectivity index (χ3n) is 2.52. The quantitative estimate of drug-likeness (QED) is 0.862. The van der Waals surface area contributed by atoms with Crippen LogP contribution in [0.2, 0.25) is 5.02 Å². The van der Waals surface area contributed by atoms with Gasteiger partial charge in [0.05, 0.1) is 0 Å². The normalized spacial score (nSPS) is 11.1. The lowest BCUT2D eigenvalue weighted by molar-refractivity contribution is 0.912. The third-order valence-corrected chi connectivity index (χ3v) is 3.99. The van der Waals surface area contributed by atoms with E-state index in [0.29, 0.717) is 6.54 Å². The molecule has 0 unspecified atom stereocenters. The van der Waals surface area contributed by atoms with Gasteiger partial charge in [-0.05, 0) is 35.6 Å². The van der Waals surface area contributed by atoms with Crippen LogP contribution in [0, 0.1) is 0 Å². The molecule has 1 heterocycles. The number of hydrogen-bond acceptors (Lipinski definition) is 2. The first-order valence-corrected chi connectivity index (χ1v) is 6.35. The van der Waals surface area contributed by atoms with E-state index in [0.717, 1.165) is 17.9 Å². The lowest BCUT2D eigenvalue weighted by Gasteiger charge is -2.00. The van der Waals surface area contributed by atoms with E-state index in [1.165, 1.54) is 20.5 Å². The zero-order chi connectivity index (χ0) is 10.8. The van der Waals surface area contributed by atoms with Crippen molar-refractivity contribution < 1.29 is 0 Å². The first-order valence-electron chi connectivity index (χ1n) is 5.16. The van der Waals surface area contributed by atoms with E-state index in [1.807, 2.05) is 6.07 Å². The number of nitrogens with two attached hydrogens (primary N) is 1. The Morgan fingerprint density at radius 3 is 2.87 bits per heavy atom. The van der Waals surface area contributed by atoms with Gasteiger partial charge in [0, 0.05) is 21.1 Å². The Morgan fingerprint density at radius 2 is 2.20 bits per heavy atom. The molecule has 0 saturated heterocycles. The van der Waals surface area contributed by atoms with E-state index in [4.69, 9.17) is 17.3 Å². The molecule has 2 rings (SSSR count). The van der Waals surface area contributed by atoms with Crippen LogP contribution in [0.15, 0.2) is 18.2 Å². The second kappa shape index (κ2) is 4.52. The lowest BCUT2D eigenvalue weighted by Crippen LogP contribution is -1.97. The standard InChI is InChI=1S/C12H14ClNS/c1-2-3-9-10-6-8(13)4-5-11(10)15-12(9)7-14/h4-6H,2-3,7,14H2,1H3. The maximum absolute atomic E-state index is 6.02. The third kappa shape index (κ3) is 2.03. The molecule has 3 heteroatoms. The van der Waals surface area contributed by atoms with Crippen LogP contribution in [-0.4, -0.2) is 0 Å². The summed E-state index contributed by atoms with van der Waals surface area (Å²) in [5.41, 5.74) is 7.15. The summed E-state index contributed by atoms with van der Waals surface area (Å²) in [6, 6.07) is 6.08. The minimum Gasteiger partial charge on any atom is -0.326 e. The summed E-state index contributed by atoms with van der Waals surface area (Å²) >= 11 is 7.81. The van der Waals surface area contributed by atoms with Gasteiger partial charge in [0.2, 0.25) is 0 Å². The molecule has 80 valence electrons. The molecule has 0 aliphatic rings. The van der Waals surface area contributed by atoms with Gasteiger partial charge in [-0.25, -0.2) is 0 Å². The highest BCUT2D eigenvalue weighted by molar-refractivity contribution is 7.19. The zero-order valence-electron chi connectivity index (χ0n) is 8.72. The monoisotopic (exact) mass is 239 g/mol. The summed E-state index contributed by atoms with van der Waals surface area (Å²) in [4.78, 5) is 1.30. The van der Waals surface area contributed by atoms with Crippen LogP contribution in [0.5, 0.6) is 0 Å². The van der Waals surface area contributed by atoms with E-state index < -0.39 is 0 Å². The number of fused-ring (bicyclic) bond motifs is 1. The molecule has 0 aliphatic carbocycles. The average Bonchev–Trinajstić information content (AvgIpc) is 2.57. The molecule has 1 aromatic heterocycles. The Kier molecular flexibility index (Phi) is 3.29. The molecule has 1 nitrogen and oxygen atoms in total. The molecule has 0 bridgehead atoms. The van der Waals surface area contributed by atoms with Gasteiger partial charge in [-0.2, -0.15) is 0 Å². The van der Waals surface area contributed by atoms with Crippen molar-refractivity contribution in [2.45, 2.75) is 26.3 Å². The summed E-state index contributed by atoms with van der Waals surface area (Å²) in [5, 5.41) is 2.09. The highest BCUT2D eigenvalue weighted by Gasteiger charge is 2.10. The maximum Gasteiger partial charge on any atom is 0.0413 e. The van der Waals surface area contributed by atoms with Crippen molar-refractivity contribution >= 4 is 33.0 Å². The van der Waals surface area contributed by atoms with Gasteiger partial charge in [-0.15, -0.1) is 11.3 Å². The minimum absolute atomic E-state index is 0.631. The van der Waals surface area contributed by atoms with Crippen molar-refractivity contribution in [3.05, 3.63) is 33.7 Å². The van der Waals surface area contributed by atoms with Crippen molar-refractivity contribution in [1.29, 1.82) is 0 Å². The van der Waals surface area contributed by atoms with Gasteiger partial charge in [-0.3, -0.25) is 0 Å². The Balaban J connectivity index is 2.65. The second-order valence-corrected chi connectivity index (χ2v) is 5.17. The van der Waals surface area contributed by atoms with Crippen LogP contribution in [-0.2, 0) is 13.0 Å². The smallest absolute Gasteiger partial charge is 0.0413 e. The second-order valence-electron chi connectivity index (χ2n) is 3.60. The molecule has 0 fully saturated rings. The molecule has 0 atom stereocenters. The molecule has 2 N–H and O–H groups in total. The lowest BCUT2D eigenvalue weighted by atomic mass is 10.1. The van der Waals surface area contributed by atoms with Crippen LogP contribution >= 0.6 is 22.9 Å². The summed E-state index contributed by atoms with van der Waals surface area (Å²) in [7, 11) is 0. The summed E-state index contributed by atoms with van der Waals surface area (Å²) < 4.78 is 1.29. The molecule has 0 amide bonds. The summed E-state index contributed by atoms with van der Waals surface area (Å²) in [5.74, 6) is 0. The van der Waals surface area contributed by atoms with Gasteiger partial charge in [-0.1, -0.05) is 24.9 Å². The number of rotatable bonds is 3. The van der Waals surface area contributed by atoms with Gasteiger partial charge < -0.3 is 5.73 Å². The molecular formula is C12H14ClNS. The van der Waals surface area contributed by atoms with Crippen LogP contribution in [0.3, 0.4) is 0 Å². The minimum atomic E-state index is 0.631. The van der Waals surface area contributed by atoms with E-state index in [9.17, 15) is 0 Å². The summed E-state index contributed by atoms with van der Waals surface area (Å²) in [6.45, 7) is 2.82. The van der Waals surface area contributed by atoms with Crippen LogP contribution in [0.4, 0.5) is 0 Å². The highest BCUT2D eigenvalue weighted by atomic mass is 35.5. The fraction of sp³-hybridized carbons (Fsp3) is 0.333. The van der Waals surface area contributed by atoms with Gasteiger partial charge in [0.25, 0.3) is 0 Å². The zero-order valence-corrected chi connectivity index (χ0v) is 10.3. The van der Waals surface area contributed by atoms with Crippen LogP contribution in [0.1, 0.15) is 23.8 Å². The molecule has 0 aliphatic heterocycles.